The van der Waals surface area contributed by atoms with E-state index in [1.165, 1.54) is 16.7 Å². The van der Waals surface area contributed by atoms with Crippen molar-refractivity contribution in [2.24, 2.45) is 17.3 Å². The van der Waals surface area contributed by atoms with Gasteiger partial charge in [-0.05, 0) is 58.4 Å². The number of allylic oxidation sites excluding steroid dienone is 2. The van der Waals surface area contributed by atoms with E-state index in [0.29, 0.717) is 0 Å². The predicted molar refractivity (Wildman–Crippen MR) is 114 cm³/mol. The third-order valence-electron chi connectivity index (χ3n) is 6.58. The average Bonchev–Trinajstić information content (AvgIpc) is 3.32. The Morgan fingerprint density at radius 3 is 2.58 bits per heavy atom. The smallest absolute Gasteiger partial charge is 0.426 e. The van der Waals surface area contributed by atoms with Gasteiger partial charge in [-0.15, -0.1) is 0 Å². The molecule has 0 aliphatic heterocycles. The van der Waals surface area contributed by atoms with Crippen molar-refractivity contribution in [3.63, 3.8) is 0 Å². The number of hydrogen-bond donors (Lipinski definition) is 0. The molecule has 2 aliphatic rings. The van der Waals surface area contributed by atoms with Crippen LogP contribution in [0.25, 0.3) is 11.1 Å². The van der Waals surface area contributed by atoms with Crippen LogP contribution in [0.15, 0.2) is 53.6 Å². The normalized spacial score (nSPS) is 22.2. The highest BCUT2D eigenvalue weighted by atomic mass is 35.5. The lowest BCUT2D eigenvalue weighted by molar-refractivity contribution is -0.147. The highest BCUT2D eigenvalue weighted by molar-refractivity contribution is 6.30. The molecule has 31 heavy (non-hydrogen) atoms. The van der Waals surface area contributed by atoms with Crippen LogP contribution in [0, 0.1) is 17.3 Å². The predicted octanol–water partition coefficient (Wildman–Crippen LogP) is 6.84. The number of alkyl halides is 3. The highest BCUT2D eigenvalue weighted by Crippen LogP contribution is 2.60. The number of fused-ring (bicyclic) bond motifs is 3. The minimum Gasteiger partial charge on any atom is -0.461 e. The lowest BCUT2D eigenvalue weighted by atomic mass is 9.93. The molecule has 0 spiro atoms. The van der Waals surface area contributed by atoms with Crippen LogP contribution in [0.2, 0.25) is 0 Å². The molecule has 2 nitrogen and oxygen atoms in total. The standard InChI is InChI=1S/C25H24ClF3O2/c1-24(2)20(13-21(26)25(27,28)29)22(24)23(30)31-14-16-9-6-12-19-17-10-4-3-7-15(17)8-5-11-18(16)19/h3-4,6-7,9-10,12-13,20,22H,5,8,11,14H2,1-2H3/t20-,22-/m0/s1. The Morgan fingerprint density at radius 2 is 1.84 bits per heavy atom. The fourth-order valence-corrected chi connectivity index (χ4v) is 4.84. The Hall–Kier alpha value is -2.27. The SMILES string of the molecule is CC1(C)[C@H](C(=O)OCc2cccc3c2CCCc2ccccc2-3)[C@@H]1C=C(Cl)C(F)(F)F. The molecular weight excluding hydrogens is 425 g/mol. The Morgan fingerprint density at radius 1 is 1.13 bits per heavy atom. The van der Waals surface area contributed by atoms with E-state index in [1.807, 2.05) is 24.3 Å². The van der Waals surface area contributed by atoms with Crippen LogP contribution < -0.4 is 0 Å². The van der Waals surface area contributed by atoms with Crippen LogP contribution in [0.5, 0.6) is 0 Å². The molecule has 0 heterocycles. The van der Waals surface area contributed by atoms with Gasteiger partial charge < -0.3 is 4.74 Å². The average molecular weight is 449 g/mol. The van der Waals surface area contributed by atoms with Gasteiger partial charge in [-0.2, -0.15) is 13.2 Å². The summed E-state index contributed by atoms with van der Waals surface area (Å²) < 4.78 is 43.9. The Balaban J connectivity index is 1.51. The third kappa shape index (κ3) is 4.25. The molecule has 0 bridgehead atoms. The maximum absolute atomic E-state index is 12.8. The third-order valence-corrected chi connectivity index (χ3v) is 6.92. The van der Waals surface area contributed by atoms with E-state index in [1.54, 1.807) is 13.8 Å². The molecule has 0 amide bonds. The molecule has 164 valence electrons. The number of esters is 1. The Bertz CT molecular complexity index is 1040. The molecule has 4 rings (SSSR count). The molecule has 0 aromatic heterocycles. The molecule has 0 N–H and O–H groups in total. The zero-order valence-electron chi connectivity index (χ0n) is 17.4. The van der Waals surface area contributed by atoms with Gasteiger partial charge in [0.25, 0.3) is 0 Å². The van der Waals surface area contributed by atoms with E-state index in [-0.39, 0.29) is 6.61 Å². The molecule has 0 radical (unpaired) electrons. The monoisotopic (exact) mass is 448 g/mol. The fraction of sp³-hybridized carbons (Fsp3) is 0.400. The Kier molecular flexibility index (Phi) is 5.67. The largest absolute Gasteiger partial charge is 0.461 e. The second-order valence-corrected chi connectivity index (χ2v) is 9.31. The van der Waals surface area contributed by atoms with Gasteiger partial charge >= 0.3 is 12.1 Å². The van der Waals surface area contributed by atoms with Crippen molar-refractivity contribution in [3.05, 3.63) is 70.3 Å². The van der Waals surface area contributed by atoms with Gasteiger partial charge in [0, 0.05) is 0 Å². The summed E-state index contributed by atoms with van der Waals surface area (Å²) in [5.41, 5.74) is 5.18. The van der Waals surface area contributed by atoms with Crippen molar-refractivity contribution in [1.82, 2.24) is 0 Å². The molecule has 2 atom stereocenters. The number of rotatable bonds is 4. The Labute approximate surface area is 185 Å². The number of halogens is 4. The summed E-state index contributed by atoms with van der Waals surface area (Å²) in [4.78, 5) is 12.7. The molecule has 0 saturated heterocycles. The first-order chi connectivity index (χ1) is 14.6. The number of carbonyl (C=O) groups excluding carboxylic acids is 1. The summed E-state index contributed by atoms with van der Waals surface area (Å²) in [6.07, 6.45) is -0.771. The molecule has 2 aliphatic carbocycles. The summed E-state index contributed by atoms with van der Waals surface area (Å²) in [7, 11) is 0. The molecular formula is C25H24ClF3O2. The summed E-state index contributed by atoms with van der Waals surface area (Å²) in [6.45, 7) is 3.62. The number of aryl methyl sites for hydroxylation is 1. The topological polar surface area (TPSA) is 26.3 Å². The lowest BCUT2D eigenvalue weighted by Crippen LogP contribution is -2.12. The summed E-state index contributed by atoms with van der Waals surface area (Å²) in [6, 6.07) is 14.3. The maximum atomic E-state index is 12.8. The van der Waals surface area contributed by atoms with Crippen molar-refractivity contribution >= 4 is 17.6 Å². The fourth-order valence-electron chi connectivity index (χ4n) is 4.70. The number of benzene rings is 2. The van der Waals surface area contributed by atoms with Crippen molar-refractivity contribution in [1.29, 1.82) is 0 Å². The highest BCUT2D eigenvalue weighted by Gasteiger charge is 2.62. The van der Waals surface area contributed by atoms with Gasteiger partial charge in [-0.3, -0.25) is 4.79 Å². The van der Waals surface area contributed by atoms with E-state index in [0.717, 1.165) is 36.5 Å². The minimum atomic E-state index is -4.60. The van der Waals surface area contributed by atoms with Gasteiger partial charge in [0.05, 0.1) is 5.92 Å². The molecule has 2 aromatic rings. The lowest BCUT2D eigenvalue weighted by Gasteiger charge is -2.14. The van der Waals surface area contributed by atoms with Gasteiger partial charge in [-0.25, -0.2) is 0 Å². The van der Waals surface area contributed by atoms with Crippen LogP contribution in [-0.2, 0) is 29.0 Å². The van der Waals surface area contributed by atoms with Gasteiger partial charge in [-0.1, -0.05) is 74.0 Å². The van der Waals surface area contributed by atoms with Crippen molar-refractivity contribution in [2.75, 3.05) is 0 Å². The van der Waals surface area contributed by atoms with E-state index in [2.05, 4.69) is 18.2 Å². The first-order valence-corrected chi connectivity index (χ1v) is 10.8. The van der Waals surface area contributed by atoms with Crippen LogP contribution in [0.3, 0.4) is 0 Å². The second-order valence-electron chi connectivity index (χ2n) is 8.90. The first-order valence-electron chi connectivity index (χ1n) is 10.4. The summed E-state index contributed by atoms with van der Waals surface area (Å²) >= 11 is 5.38. The van der Waals surface area contributed by atoms with E-state index < -0.39 is 34.4 Å². The van der Waals surface area contributed by atoms with Crippen molar-refractivity contribution in [2.45, 2.75) is 45.9 Å². The summed E-state index contributed by atoms with van der Waals surface area (Å²) in [5.74, 6) is -1.70. The number of hydrogen-bond acceptors (Lipinski definition) is 2. The van der Waals surface area contributed by atoms with Crippen LogP contribution in [0.4, 0.5) is 13.2 Å². The zero-order chi connectivity index (χ0) is 22.4. The first kappa shape index (κ1) is 21.9. The molecule has 2 aromatic carbocycles. The van der Waals surface area contributed by atoms with Crippen LogP contribution in [0.1, 0.15) is 37.0 Å². The van der Waals surface area contributed by atoms with E-state index >= 15 is 0 Å². The van der Waals surface area contributed by atoms with Crippen molar-refractivity contribution < 1.29 is 22.7 Å². The molecule has 1 saturated carbocycles. The maximum Gasteiger partial charge on any atom is 0.426 e. The number of ether oxygens (including phenoxy) is 1. The molecule has 0 unspecified atom stereocenters. The quantitative estimate of drug-likeness (QED) is 0.478. The van der Waals surface area contributed by atoms with Crippen LogP contribution in [-0.4, -0.2) is 12.1 Å². The number of carbonyl (C=O) groups is 1. The van der Waals surface area contributed by atoms with E-state index in [4.69, 9.17) is 16.3 Å². The van der Waals surface area contributed by atoms with Crippen molar-refractivity contribution in [3.8, 4) is 11.1 Å². The van der Waals surface area contributed by atoms with Gasteiger partial charge in [0.15, 0.2) is 0 Å². The van der Waals surface area contributed by atoms with Gasteiger partial charge in [0.2, 0.25) is 0 Å². The van der Waals surface area contributed by atoms with Crippen LogP contribution >= 0.6 is 11.6 Å². The minimum absolute atomic E-state index is 0.111. The summed E-state index contributed by atoms with van der Waals surface area (Å²) in [5, 5.41) is -1.19. The van der Waals surface area contributed by atoms with Gasteiger partial charge in [0.1, 0.15) is 11.6 Å². The second kappa shape index (κ2) is 8.01. The molecule has 1 fully saturated rings. The molecule has 6 heteroatoms. The van der Waals surface area contributed by atoms with E-state index in [9.17, 15) is 18.0 Å². The zero-order valence-corrected chi connectivity index (χ0v) is 18.2.